The third-order valence-electron chi connectivity index (χ3n) is 4.58. The first-order valence-corrected chi connectivity index (χ1v) is 9.43. The molecule has 1 aliphatic heterocycles. The van der Waals surface area contributed by atoms with Crippen LogP contribution < -0.4 is 9.64 Å². The Hall–Kier alpha value is -3.32. The second-order valence-corrected chi connectivity index (χ2v) is 6.78. The van der Waals surface area contributed by atoms with Crippen LogP contribution >= 0.6 is 11.6 Å². The number of carbonyl (C=O) groups excluding carboxylic acids is 2. The van der Waals surface area contributed by atoms with Crippen molar-refractivity contribution in [2.45, 2.75) is 13.8 Å². The molecule has 1 aliphatic rings. The molecular formula is C22H19ClFNO5. The van der Waals surface area contributed by atoms with Crippen molar-refractivity contribution in [1.82, 2.24) is 0 Å². The summed E-state index contributed by atoms with van der Waals surface area (Å²) in [6, 6.07) is 8.64. The average molecular weight is 432 g/mol. The number of rotatable bonds is 5. The zero-order valence-electron chi connectivity index (χ0n) is 16.5. The number of phenolic OH excluding ortho intramolecular Hbond substituents is 1. The molecule has 0 fully saturated rings. The number of esters is 1. The van der Waals surface area contributed by atoms with Crippen molar-refractivity contribution in [1.29, 1.82) is 0 Å². The molecule has 0 spiro atoms. The number of carbonyl (C=O) groups is 2. The summed E-state index contributed by atoms with van der Waals surface area (Å²) < 4.78 is 23.8. The van der Waals surface area contributed by atoms with Crippen molar-refractivity contribution in [2.24, 2.45) is 0 Å². The number of amides is 1. The lowest BCUT2D eigenvalue weighted by Gasteiger charge is -2.18. The minimum absolute atomic E-state index is 0.0174. The van der Waals surface area contributed by atoms with Crippen molar-refractivity contribution < 1.29 is 28.6 Å². The average Bonchev–Trinajstić information content (AvgIpc) is 2.96. The number of hydrogen-bond acceptors (Lipinski definition) is 5. The highest BCUT2D eigenvalue weighted by molar-refractivity contribution is 6.31. The first-order chi connectivity index (χ1) is 14.3. The third-order valence-corrected chi connectivity index (χ3v) is 4.87. The Balaban J connectivity index is 2.16. The number of hydrogen-bond donors (Lipinski definition) is 1. The minimum atomic E-state index is -0.719. The van der Waals surface area contributed by atoms with Crippen LogP contribution in [0.15, 0.2) is 53.2 Å². The van der Waals surface area contributed by atoms with Gasteiger partial charge in [0.2, 0.25) is 0 Å². The lowest BCUT2D eigenvalue weighted by atomic mass is 10.0. The van der Waals surface area contributed by atoms with Crippen LogP contribution in [0.2, 0.25) is 5.02 Å². The Labute approximate surface area is 177 Å². The summed E-state index contributed by atoms with van der Waals surface area (Å²) in [5.74, 6) is -1.81. The minimum Gasteiger partial charge on any atom is -0.504 e. The topological polar surface area (TPSA) is 76.1 Å². The zero-order chi connectivity index (χ0) is 22.0. The van der Waals surface area contributed by atoms with E-state index in [2.05, 4.69) is 0 Å². The van der Waals surface area contributed by atoms with Crippen LogP contribution in [-0.4, -0.2) is 30.7 Å². The smallest absolute Gasteiger partial charge is 0.340 e. The van der Waals surface area contributed by atoms with Crippen molar-refractivity contribution in [2.75, 3.05) is 18.6 Å². The van der Waals surface area contributed by atoms with Gasteiger partial charge in [0.05, 0.1) is 35.6 Å². The standard InChI is InChI=1S/C22H19ClFNO5/c1-4-30-18-7-5-6-13(20(18)26)10-15-19(22(28)29-3)12(2)25(21(15)27)14-8-9-17(24)16(23)11-14/h5-11,26H,4H2,1-3H3/b15-10-. The van der Waals surface area contributed by atoms with Crippen molar-refractivity contribution in [3.8, 4) is 11.5 Å². The number of nitrogens with zero attached hydrogens (tertiary/aromatic N) is 1. The Morgan fingerprint density at radius 1 is 1.30 bits per heavy atom. The van der Waals surface area contributed by atoms with Gasteiger partial charge in [-0.2, -0.15) is 0 Å². The normalized spacial score (nSPS) is 15.2. The molecule has 0 radical (unpaired) electrons. The monoisotopic (exact) mass is 431 g/mol. The van der Waals surface area contributed by atoms with Gasteiger partial charge in [-0.25, -0.2) is 9.18 Å². The number of para-hydroxylation sites is 1. The molecule has 0 atom stereocenters. The van der Waals surface area contributed by atoms with E-state index in [0.29, 0.717) is 18.0 Å². The predicted molar refractivity (Wildman–Crippen MR) is 111 cm³/mol. The van der Waals surface area contributed by atoms with Gasteiger partial charge in [0.25, 0.3) is 5.91 Å². The van der Waals surface area contributed by atoms with Crippen LogP contribution in [0.1, 0.15) is 19.4 Å². The molecule has 0 bridgehead atoms. The molecule has 2 aromatic rings. The maximum Gasteiger partial charge on any atom is 0.340 e. The second-order valence-electron chi connectivity index (χ2n) is 6.38. The van der Waals surface area contributed by atoms with Crippen LogP contribution in [0.5, 0.6) is 11.5 Å². The molecule has 0 saturated heterocycles. The fourth-order valence-electron chi connectivity index (χ4n) is 3.20. The molecule has 156 valence electrons. The van der Waals surface area contributed by atoms with Crippen LogP contribution in [0.4, 0.5) is 10.1 Å². The highest BCUT2D eigenvalue weighted by atomic mass is 35.5. The number of allylic oxidation sites excluding steroid dienone is 1. The van der Waals surface area contributed by atoms with E-state index >= 15 is 0 Å². The summed E-state index contributed by atoms with van der Waals surface area (Å²) in [5, 5.41) is 10.3. The van der Waals surface area contributed by atoms with E-state index in [-0.39, 0.29) is 33.2 Å². The molecule has 30 heavy (non-hydrogen) atoms. The van der Waals surface area contributed by atoms with Gasteiger partial charge in [-0.1, -0.05) is 23.7 Å². The molecule has 0 aromatic heterocycles. The first-order valence-electron chi connectivity index (χ1n) is 9.05. The first kappa shape index (κ1) is 21.4. The quantitative estimate of drug-likeness (QED) is 0.558. The van der Waals surface area contributed by atoms with Crippen molar-refractivity contribution in [3.05, 3.63) is 69.6 Å². The number of anilines is 1. The summed E-state index contributed by atoms with van der Waals surface area (Å²) >= 11 is 5.87. The molecule has 2 aromatic carbocycles. The molecular weight excluding hydrogens is 413 g/mol. The molecule has 0 saturated carbocycles. The number of ether oxygens (including phenoxy) is 2. The summed E-state index contributed by atoms with van der Waals surface area (Å²) in [7, 11) is 1.20. The summed E-state index contributed by atoms with van der Waals surface area (Å²) in [4.78, 5) is 26.9. The Morgan fingerprint density at radius 2 is 2.03 bits per heavy atom. The van der Waals surface area contributed by atoms with Crippen LogP contribution in [0, 0.1) is 5.82 Å². The van der Waals surface area contributed by atoms with Gasteiger partial charge in [-0.05, 0) is 44.2 Å². The second kappa shape index (κ2) is 8.59. The van der Waals surface area contributed by atoms with E-state index in [1.807, 2.05) is 0 Å². The van der Waals surface area contributed by atoms with Crippen LogP contribution in [0.3, 0.4) is 0 Å². The highest BCUT2D eigenvalue weighted by Crippen LogP contribution is 2.38. The summed E-state index contributed by atoms with van der Waals surface area (Å²) in [5.41, 5.74) is 0.924. The Bertz CT molecular complexity index is 1090. The Morgan fingerprint density at radius 3 is 2.67 bits per heavy atom. The largest absolute Gasteiger partial charge is 0.504 e. The number of phenols is 1. The predicted octanol–water partition coefficient (Wildman–Crippen LogP) is 4.46. The van der Waals surface area contributed by atoms with E-state index in [0.717, 1.165) is 6.07 Å². The van der Waals surface area contributed by atoms with Crippen LogP contribution in [0.25, 0.3) is 6.08 Å². The molecule has 3 rings (SSSR count). The number of benzene rings is 2. The third kappa shape index (κ3) is 3.76. The fourth-order valence-corrected chi connectivity index (χ4v) is 3.37. The molecule has 1 heterocycles. The maximum absolute atomic E-state index is 13.6. The number of methoxy groups -OCH3 is 1. The van der Waals surface area contributed by atoms with Gasteiger partial charge in [0.1, 0.15) is 5.82 Å². The van der Waals surface area contributed by atoms with Gasteiger partial charge in [-0.15, -0.1) is 0 Å². The summed E-state index contributed by atoms with van der Waals surface area (Å²) in [6.07, 6.45) is 1.39. The molecule has 0 aliphatic carbocycles. The van der Waals surface area contributed by atoms with Crippen molar-refractivity contribution >= 4 is 35.2 Å². The number of halogens is 2. The van der Waals surface area contributed by atoms with Gasteiger partial charge in [0, 0.05) is 11.3 Å². The Kier molecular flexibility index (Phi) is 6.12. The summed E-state index contributed by atoms with van der Waals surface area (Å²) in [6.45, 7) is 3.69. The molecule has 0 unspecified atom stereocenters. The number of aromatic hydroxyl groups is 1. The molecule has 1 N–H and O–H groups in total. The maximum atomic E-state index is 13.6. The van der Waals surface area contributed by atoms with E-state index in [1.54, 1.807) is 32.0 Å². The highest BCUT2D eigenvalue weighted by Gasteiger charge is 2.38. The van der Waals surface area contributed by atoms with Crippen molar-refractivity contribution in [3.63, 3.8) is 0 Å². The molecule has 8 heteroatoms. The van der Waals surface area contributed by atoms with E-state index < -0.39 is 17.7 Å². The molecule has 1 amide bonds. The van der Waals surface area contributed by atoms with Gasteiger partial charge in [-0.3, -0.25) is 9.69 Å². The SMILES string of the molecule is CCOc1cccc(/C=C2\C(=O)N(c3ccc(F)c(Cl)c3)C(C)=C2C(=O)OC)c1O. The lowest BCUT2D eigenvalue weighted by Crippen LogP contribution is -2.24. The van der Waals surface area contributed by atoms with E-state index in [4.69, 9.17) is 21.1 Å². The van der Waals surface area contributed by atoms with E-state index in [9.17, 15) is 19.1 Å². The molecule has 6 nitrogen and oxygen atoms in total. The van der Waals surface area contributed by atoms with Gasteiger partial charge < -0.3 is 14.6 Å². The van der Waals surface area contributed by atoms with Gasteiger partial charge in [0.15, 0.2) is 11.5 Å². The van der Waals surface area contributed by atoms with E-state index in [1.165, 1.54) is 30.2 Å². The van der Waals surface area contributed by atoms with Crippen LogP contribution in [-0.2, 0) is 14.3 Å². The fraction of sp³-hybridized carbons (Fsp3) is 0.182. The lowest BCUT2D eigenvalue weighted by molar-refractivity contribution is -0.136. The van der Waals surface area contributed by atoms with Gasteiger partial charge >= 0.3 is 5.97 Å². The zero-order valence-corrected chi connectivity index (χ0v) is 17.3.